The summed E-state index contributed by atoms with van der Waals surface area (Å²) in [6.45, 7) is 4.08. The number of benzene rings is 1. The van der Waals surface area contributed by atoms with Crippen molar-refractivity contribution < 1.29 is 9.50 Å². The SMILES string of the molecule is CC1Cc2c(F)cccc2C(O)C1C. The summed E-state index contributed by atoms with van der Waals surface area (Å²) < 4.78 is 13.4. The minimum atomic E-state index is -0.510. The van der Waals surface area contributed by atoms with E-state index in [0.717, 1.165) is 12.0 Å². The molecule has 0 amide bonds. The molecule has 1 aromatic rings. The molecule has 2 rings (SSSR count). The van der Waals surface area contributed by atoms with Crippen LogP contribution in [0.4, 0.5) is 4.39 Å². The van der Waals surface area contributed by atoms with E-state index in [1.54, 1.807) is 6.07 Å². The zero-order valence-electron chi connectivity index (χ0n) is 8.50. The molecule has 0 saturated carbocycles. The molecule has 1 aromatic carbocycles. The fraction of sp³-hybridized carbons (Fsp3) is 0.500. The van der Waals surface area contributed by atoms with Gasteiger partial charge in [-0.05, 0) is 35.4 Å². The van der Waals surface area contributed by atoms with E-state index < -0.39 is 6.10 Å². The zero-order valence-corrected chi connectivity index (χ0v) is 8.50. The first-order valence-corrected chi connectivity index (χ1v) is 5.06. The number of hydrogen-bond acceptors (Lipinski definition) is 1. The second kappa shape index (κ2) is 3.35. The van der Waals surface area contributed by atoms with Gasteiger partial charge in [0.15, 0.2) is 0 Å². The number of fused-ring (bicyclic) bond motifs is 1. The Bertz CT molecular complexity index is 348. The van der Waals surface area contributed by atoms with E-state index >= 15 is 0 Å². The molecule has 0 bridgehead atoms. The van der Waals surface area contributed by atoms with Gasteiger partial charge in [-0.15, -0.1) is 0 Å². The molecule has 3 atom stereocenters. The van der Waals surface area contributed by atoms with Crippen LogP contribution < -0.4 is 0 Å². The minimum absolute atomic E-state index is 0.180. The van der Waals surface area contributed by atoms with Gasteiger partial charge in [0.2, 0.25) is 0 Å². The Morgan fingerprint density at radius 2 is 2.07 bits per heavy atom. The molecule has 0 aliphatic heterocycles. The Kier molecular flexibility index (Phi) is 2.31. The number of aliphatic hydroxyl groups is 1. The van der Waals surface area contributed by atoms with Crippen LogP contribution in [0.3, 0.4) is 0 Å². The van der Waals surface area contributed by atoms with Gasteiger partial charge in [-0.2, -0.15) is 0 Å². The van der Waals surface area contributed by atoms with E-state index in [1.807, 2.05) is 13.0 Å². The first kappa shape index (κ1) is 9.66. The maximum absolute atomic E-state index is 13.4. The van der Waals surface area contributed by atoms with Crippen molar-refractivity contribution in [2.24, 2.45) is 11.8 Å². The van der Waals surface area contributed by atoms with E-state index in [2.05, 4.69) is 6.92 Å². The summed E-state index contributed by atoms with van der Waals surface area (Å²) in [5.74, 6) is 0.374. The highest BCUT2D eigenvalue weighted by Crippen LogP contribution is 2.38. The highest BCUT2D eigenvalue weighted by atomic mass is 19.1. The fourth-order valence-electron chi connectivity index (χ4n) is 2.17. The Labute approximate surface area is 83.6 Å². The molecule has 0 aromatic heterocycles. The van der Waals surface area contributed by atoms with Gasteiger partial charge in [0.05, 0.1) is 6.10 Å². The Hall–Kier alpha value is -0.890. The van der Waals surface area contributed by atoms with E-state index in [1.165, 1.54) is 6.07 Å². The van der Waals surface area contributed by atoms with Gasteiger partial charge >= 0.3 is 0 Å². The van der Waals surface area contributed by atoms with Crippen molar-refractivity contribution in [3.05, 3.63) is 35.1 Å². The molecule has 0 saturated heterocycles. The van der Waals surface area contributed by atoms with Gasteiger partial charge in [-0.1, -0.05) is 26.0 Å². The summed E-state index contributed by atoms with van der Waals surface area (Å²) >= 11 is 0. The highest BCUT2D eigenvalue weighted by molar-refractivity contribution is 5.33. The molecule has 1 aliphatic rings. The standard InChI is InChI=1S/C12H15FO/c1-7-6-10-9(12(14)8(7)2)4-3-5-11(10)13/h3-5,7-8,12,14H,6H2,1-2H3. The van der Waals surface area contributed by atoms with Crippen molar-refractivity contribution in [3.8, 4) is 0 Å². The van der Waals surface area contributed by atoms with E-state index in [0.29, 0.717) is 11.5 Å². The molecule has 1 aliphatic carbocycles. The summed E-state index contributed by atoms with van der Waals surface area (Å²) in [4.78, 5) is 0. The molecule has 3 unspecified atom stereocenters. The third kappa shape index (κ3) is 1.34. The molecule has 1 N–H and O–H groups in total. The molecule has 0 radical (unpaired) electrons. The van der Waals surface area contributed by atoms with Gasteiger partial charge in [0, 0.05) is 0 Å². The normalized spacial score (nSPS) is 31.3. The van der Waals surface area contributed by atoms with Crippen molar-refractivity contribution in [3.63, 3.8) is 0 Å². The average molecular weight is 194 g/mol. The van der Waals surface area contributed by atoms with Crippen LogP contribution in [0.25, 0.3) is 0 Å². The van der Waals surface area contributed by atoms with Crippen LogP contribution >= 0.6 is 0 Å². The first-order chi connectivity index (χ1) is 6.61. The monoisotopic (exact) mass is 194 g/mol. The van der Waals surface area contributed by atoms with Crippen LogP contribution in [0.5, 0.6) is 0 Å². The molecule has 2 heteroatoms. The lowest BCUT2D eigenvalue weighted by Gasteiger charge is -2.32. The molecule has 0 fully saturated rings. The second-order valence-electron chi connectivity index (χ2n) is 4.29. The smallest absolute Gasteiger partial charge is 0.126 e. The minimum Gasteiger partial charge on any atom is -0.388 e. The van der Waals surface area contributed by atoms with Gasteiger partial charge in [0.1, 0.15) is 5.82 Å². The summed E-state index contributed by atoms with van der Waals surface area (Å²) in [5.41, 5.74) is 1.47. The van der Waals surface area contributed by atoms with E-state index in [4.69, 9.17) is 0 Å². The number of aliphatic hydroxyl groups excluding tert-OH is 1. The maximum atomic E-state index is 13.4. The summed E-state index contributed by atoms with van der Waals surface area (Å²) in [5, 5.41) is 9.96. The zero-order chi connectivity index (χ0) is 10.3. The highest BCUT2D eigenvalue weighted by Gasteiger charge is 2.31. The Morgan fingerprint density at radius 3 is 2.79 bits per heavy atom. The van der Waals surface area contributed by atoms with Crippen LogP contribution in [0.15, 0.2) is 18.2 Å². The lowest BCUT2D eigenvalue weighted by Crippen LogP contribution is -2.26. The van der Waals surface area contributed by atoms with Crippen LogP contribution in [0.2, 0.25) is 0 Å². The Morgan fingerprint density at radius 1 is 1.36 bits per heavy atom. The number of halogens is 1. The number of hydrogen-bond donors (Lipinski definition) is 1. The van der Waals surface area contributed by atoms with Crippen molar-refractivity contribution in [2.75, 3.05) is 0 Å². The summed E-state index contributed by atoms with van der Waals surface area (Å²) in [6, 6.07) is 4.96. The molecule has 14 heavy (non-hydrogen) atoms. The molecule has 0 spiro atoms. The van der Waals surface area contributed by atoms with E-state index in [9.17, 15) is 9.50 Å². The first-order valence-electron chi connectivity index (χ1n) is 5.06. The van der Waals surface area contributed by atoms with Crippen LogP contribution in [0, 0.1) is 17.7 Å². The van der Waals surface area contributed by atoms with Crippen molar-refractivity contribution in [1.82, 2.24) is 0 Å². The maximum Gasteiger partial charge on any atom is 0.126 e. The predicted octanol–water partition coefficient (Wildman–Crippen LogP) is 2.69. The molecule has 76 valence electrons. The molecular weight excluding hydrogens is 179 g/mol. The fourth-order valence-corrected chi connectivity index (χ4v) is 2.17. The number of rotatable bonds is 0. The average Bonchev–Trinajstić information content (AvgIpc) is 2.17. The van der Waals surface area contributed by atoms with Gasteiger partial charge in [-0.25, -0.2) is 4.39 Å². The van der Waals surface area contributed by atoms with E-state index in [-0.39, 0.29) is 11.7 Å². The van der Waals surface area contributed by atoms with Gasteiger partial charge in [-0.3, -0.25) is 0 Å². The molecule has 0 heterocycles. The summed E-state index contributed by atoms with van der Waals surface area (Å²) in [7, 11) is 0. The van der Waals surface area contributed by atoms with Gasteiger partial charge < -0.3 is 5.11 Å². The summed E-state index contributed by atoms with van der Waals surface area (Å²) in [6.07, 6.45) is 0.227. The second-order valence-corrected chi connectivity index (χ2v) is 4.29. The largest absolute Gasteiger partial charge is 0.388 e. The molecule has 1 nitrogen and oxygen atoms in total. The van der Waals surface area contributed by atoms with Crippen molar-refractivity contribution in [1.29, 1.82) is 0 Å². The lowest BCUT2D eigenvalue weighted by atomic mass is 9.75. The predicted molar refractivity (Wildman–Crippen MR) is 53.4 cm³/mol. The van der Waals surface area contributed by atoms with Crippen LogP contribution in [0.1, 0.15) is 31.1 Å². The van der Waals surface area contributed by atoms with Crippen molar-refractivity contribution >= 4 is 0 Å². The molecular formula is C12H15FO. The quantitative estimate of drug-likeness (QED) is 0.673. The Balaban J connectivity index is 2.50. The lowest BCUT2D eigenvalue weighted by molar-refractivity contribution is 0.0745. The van der Waals surface area contributed by atoms with Gasteiger partial charge in [0.25, 0.3) is 0 Å². The third-order valence-corrected chi connectivity index (χ3v) is 3.40. The van der Waals surface area contributed by atoms with Crippen molar-refractivity contribution in [2.45, 2.75) is 26.4 Å². The topological polar surface area (TPSA) is 20.2 Å². The van der Waals surface area contributed by atoms with Crippen LogP contribution in [-0.2, 0) is 6.42 Å². The van der Waals surface area contributed by atoms with Crippen LogP contribution in [-0.4, -0.2) is 5.11 Å². The third-order valence-electron chi connectivity index (χ3n) is 3.40.